The van der Waals surface area contributed by atoms with Gasteiger partial charge in [-0.15, -0.1) is 11.3 Å². The van der Waals surface area contributed by atoms with Gasteiger partial charge in [0.1, 0.15) is 16.8 Å². The highest BCUT2D eigenvalue weighted by molar-refractivity contribution is 7.12. The molecule has 0 atom stereocenters. The Bertz CT molecular complexity index is 1410. The lowest BCUT2D eigenvalue weighted by Crippen LogP contribution is -2.36. The summed E-state index contributed by atoms with van der Waals surface area (Å²) < 4.78 is 10.4. The molecule has 13 nitrogen and oxygen atoms in total. The second-order valence-electron chi connectivity index (χ2n) is 8.76. The van der Waals surface area contributed by atoms with Crippen LogP contribution in [-0.2, 0) is 16.0 Å². The van der Waals surface area contributed by atoms with Crippen molar-refractivity contribution in [2.45, 2.75) is 13.3 Å². The van der Waals surface area contributed by atoms with Crippen LogP contribution in [0.5, 0.6) is 5.75 Å². The summed E-state index contributed by atoms with van der Waals surface area (Å²) in [7, 11) is 6.45. The summed E-state index contributed by atoms with van der Waals surface area (Å²) in [5, 5.41) is 19.4. The molecule has 2 aromatic heterocycles. The lowest BCUT2D eigenvalue weighted by atomic mass is 10.1. The van der Waals surface area contributed by atoms with Gasteiger partial charge in [-0.3, -0.25) is 14.9 Å². The predicted octanol–water partition coefficient (Wildman–Crippen LogP) is 3.49. The summed E-state index contributed by atoms with van der Waals surface area (Å²) in [6.45, 7) is 2.58. The van der Waals surface area contributed by atoms with E-state index >= 15 is 0 Å². The number of ether oxygens (including phenoxy) is 2. The molecule has 0 radical (unpaired) electrons. The van der Waals surface area contributed by atoms with Gasteiger partial charge in [-0.2, -0.15) is 4.98 Å². The molecule has 1 amide bonds. The third-order valence-electron chi connectivity index (χ3n) is 5.85. The molecule has 0 saturated heterocycles. The Balaban J connectivity index is 1.70. The normalized spacial score (nSPS) is 12.3. The number of carbonyl (C=O) groups excluding carboxylic acids is 2. The Hall–Kier alpha value is -4.30. The van der Waals surface area contributed by atoms with E-state index in [2.05, 4.69) is 20.6 Å². The fourth-order valence-corrected chi connectivity index (χ4v) is 4.96. The number of hydrogen-bond donors (Lipinski definition) is 2. The maximum Gasteiger partial charge on any atom is 0.350 e. The number of methoxy groups -OCH3 is 2. The highest BCUT2D eigenvalue weighted by Crippen LogP contribution is 2.39. The van der Waals surface area contributed by atoms with Gasteiger partial charge in [-0.1, -0.05) is 0 Å². The van der Waals surface area contributed by atoms with E-state index in [1.54, 1.807) is 23.3 Å². The van der Waals surface area contributed by atoms with Crippen molar-refractivity contribution in [1.82, 2.24) is 14.9 Å². The molecule has 3 heterocycles. The maximum absolute atomic E-state index is 12.8. The van der Waals surface area contributed by atoms with Crippen LogP contribution in [0, 0.1) is 17.0 Å². The molecule has 0 fully saturated rings. The molecule has 0 spiro atoms. The van der Waals surface area contributed by atoms with Gasteiger partial charge in [-0.05, 0) is 56.1 Å². The van der Waals surface area contributed by atoms with E-state index in [0.29, 0.717) is 35.7 Å². The fraction of sp³-hybridized carbons (Fsp3) is 0.333. The number of thiophene rings is 1. The van der Waals surface area contributed by atoms with E-state index in [-0.39, 0.29) is 34.8 Å². The number of carbonyl (C=O) groups is 2. The number of aromatic nitrogens is 2. The quantitative estimate of drug-likeness (QED) is 0.233. The largest absolute Gasteiger partial charge is 0.495 e. The molecule has 2 N–H and O–H groups in total. The number of fused-ring (bicyclic) bond motifs is 1. The summed E-state index contributed by atoms with van der Waals surface area (Å²) in [6.07, 6.45) is 1.76. The molecule has 4 rings (SSSR count). The number of nitrogens with zero attached hydrogens (tertiary/aromatic N) is 5. The Morgan fingerprint density at radius 3 is 2.68 bits per heavy atom. The summed E-state index contributed by atoms with van der Waals surface area (Å²) in [4.78, 5) is 48.3. The average Bonchev–Trinajstić information content (AvgIpc) is 3.45. The number of benzene rings is 1. The number of nitrogens with one attached hydrogen (secondary N) is 2. The van der Waals surface area contributed by atoms with E-state index in [9.17, 15) is 19.7 Å². The zero-order chi connectivity index (χ0) is 27.6. The SMILES string of the molecule is COC(=O)c1scc(C)c1Nc1nc(Nc2cc3c(cc2OC)CCN3C(=O)CN(C)C)ncc1[N+](=O)[O-]. The van der Waals surface area contributed by atoms with Crippen LogP contribution in [0.1, 0.15) is 20.8 Å². The Labute approximate surface area is 222 Å². The van der Waals surface area contributed by atoms with Crippen molar-refractivity contribution in [2.24, 2.45) is 0 Å². The summed E-state index contributed by atoms with van der Waals surface area (Å²) in [5.41, 5.74) is 2.88. The molecule has 200 valence electrons. The lowest BCUT2D eigenvalue weighted by Gasteiger charge is -2.21. The smallest absolute Gasteiger partial charge is 0.350 e. The van der Waals surface area contributed by atoms with Crippen molar-refractivity contribution in [1.29, 1.82) is 0 Å². The molecular weight excluding hydrogens is 514 g/mol. The van der Waals surface area contributed by atoms with Crippen LogP contribution in [0.25, 0.3) is 0 Å². The van der Waals surface area contributed by atoms with Crippen molar-refractivity contribution in [3.05, 3.63) is 49.8 Å². The number of amides is 1. The van der Waals surface area contributed by atoms with Crippen LogP contribution in [0.2, 0.25) is 0 Å². The van der Waals surface area contributed by atoms with Crippen molar-refractivity contribution in [3.8, 4) is 5.75 Å². The first-order valence-electron chi connectivity index (χ1n) is 11.5. The van der Waals surface area contributed by atoms with Crippen molar-refractivity contribution >= 4 is 57.7 Å². The molecule has 0 bridgehead atoms. The highest BCUT2D eigenvalue weighted by Gasteiger charge is 2.28. The Morgan fingerprint density at radius 1 is 1.26 bits per heavy atom. The number of rotatable bonds is 9. The molecule has 0 aliphatic carbocycles. The molecule has 0 saturated carbocycles. The van der Waals surface area contributed by atoms with Gasteiger partial charge in [0.05, 0.1) is 37.1 Å². The summed E-state index contributed by atoms with van der Waals surface area (Å²) in [6, 6.07) is 3.63. The topological polar surface area (TPSA) is 152 Å². The van der Waals surface area contributed by atoms with E-state index < -0.39 is 10.9 Å². The Kier molecular flexibility index (Phi) is 7.73. The second kappa shape index (κ2) is 11.0. The van der Waals surface area contributed by atoms with Gasteiger partial charge >= 0.3 is 11.7 Å². The van der Waals surface area contributed by atoms with Crippen molar-refractivity contribution in [2.75, 3.05) is 56.9 Å². The number of aryl methyl sites for hydroxylation is 1. The van der Waals surface area contributed by atoms with Gasteiger partial charge in [-0.25, -0.2) is 9.78 Å². The fourth-order valence-electron chi connectivity index (χ4n) is 4.04. The van der Waals surface area contributed by atoms with Crippen LogP contribution < -0.4 is 20.3 Å². The van der Waals surface area contributed by atoms with Crippen LogP contribution in [0.3, 0.4) is 0 Å². The van der Waals surface area contributed by atoms with Gasteiger partial charge in [0, 0.05) is 12.2 Å². The first-order valence-corrected chi connectivity index (χ1v) is 12.4. The lowest BCUT2D eigenvalue weighted by molar-refractivity contribution is -0.384. The highest BCUT2D eigenvalue weighted by atomic mass is 32.1. The van der Waals surface area contributed by atoms with Gasteiger partial charge < -0.3 is 29.9 Å². The molecular formula is C24H27N7O6S. The first-order chi connectivity index (χ1) is 18.1. The van der Waals surface area contributed by atoms with Crippen LogP contribution in [-0.4, -0.2) is 73.1 Å². The number of nitro groups is 1. The molecule has 1 aliphatic heterocycles. The van der Waals surface area contributed by atoms with Gasteiger partial charge in [0.15, 0.2) is 0 Å². The summed E-state index contributed by atoms with van der Waals surface area (Å²) >= 11 is 1.15. The molecule has 1 aromatic carbocycles. The van der Waals surface area contributed by atoms with E-state index in [4.69, 9.17) is 9.47 Å². The maximum atomic E-state index is 12.8. The van der Waals surface area contributed by atoms with Gasteiger partial charge in [0.25, 0.3) is 0 Å². The van der Waals surface area contributed by atoms with E-state index in [1.807, 2.05) is 25.1 Å². The third-order valence-corrected chi connectivity index (χ3v) is 6.93. The zero-order valence-electron chi connectivity index (χ0n) is 21.5. The number of likely N-dealkylation sites (N-methyl/N-ethyl adjacent to an activating group) is 1. The second-order valence-corrected chi connectivity index (χ2v) is 9.64. The van der Waals surface area contributed by atoms with Gasteiger partial charge in [0.2, 0.25) is 17.7 Å². The molecule has 38 heavy (non-hydrogen) atoms. The molecule has 14 heteroatoms. The minimum Gasteiger partial charge on any atom is -0.495 e. The Morgan fingerprint density at radius 2 is 2.03 bits per heavy atom. The number of hydrogen-bond acceptors (Lipinski definition) is 12. The third kappa shape index (κ3) is 5.35. The number of esters is 1. The molecule has 1 aliphatic rings. The van der Waals surface area contributed by atoms with Crippen LogP contribution >= 0.6 is 11.3 Å². The summed E-state index contributed by atoms with van der Waals surface area (Å²) in [5.74, 6) is -0.161. The van der Waals surface area contributed by atoms with Crippen molar-refractivity contribution < 1.29 is 24.0 Å². The monoisotopic (exact) mass is 541 g/mol. The minimum absolute atomic E-state index is 0.0320. The number of anilines is 5. The zero-order valence-corrected chi connectivity index (χ0v) is 22.3. The molecule has 3 aromatic rings. The van der Waals surface area contributed by atoms with Crippen molar-refractivity contribution in [3.63, 3.8) is 0 Å². The standard InChI is InChI=1S/C24H27N7O6S/c1-13-12-38-21(23(33)37-5)20(13)27-22-17(31(34)35)10-25-24(28-22)26-15-9-16-14(8-18(15)36-4)6-7-30(16)19(32)11-29(2)3/h8-10,12H,6-7,11H2,1-5H3,(H2,25,26,27,28). The van der Waals surface area contributed by atoms with Crippen LogP contribution in [0.15, 0.2) is 23.7 Å². The minimum atomic E-state index is -0.615. The van der Waals surface area contributed by atoms with Crippen LogP contribution in [0.4, 0.5) is 34.5 Å². The first kappa shape index (κ1) is 26.8. The predicted molar refractivity (Wildman–Crippen MR) is 143 cm³/mol. The average molecular weight is 542 g/mol. The molecule has 0 unspecified atom stereocenters. The van der Waals surface area contributed by atoms with E-state index in [0.717, 1.165) is 28.8 Å². The van der Waals surface area contributed by atoms with E-state index in [1.165, 1.54) is 14.2 Å².